The van der Waals surface area contributed by atoms with E-state index in [9.17, 15) is 4.79 Å². The molecule has 1 N–H and O–H groups in total. The summed E-state index contributed by atoms with van der Waals surface area (Å²) in [6.45, 7) is 2.42. The quantitative estimate of drug-likeness (QED) is 0.749. The summed E-state index contributed by atoms with van der Waals surface area (Å²) in [7, 11) is 3.16. The number of amides is 1. The zero-order valence-corrected chi connectivity index (χ0v) is 14.6. The van der Waals surface area contributed by atoms with E-state index in [4.69, 9.17) is 9.47 Å². The normalized spacial score (nSPS) is 10.7. The molecule has 0 saturated carbocycles. The van der Waals surface area contributed by atoms with Crippen LogP contribution >= 0.6 is 0 Å². The first-order valence-electron chi connectivity index (χ1n) is 8.01. The lowest BCUT2D eigenvalue weighted by Crippen LogP contribution is -2.24. The Morgan fingerprint density at radius 3 is 2.72 bits per heavy atom. The van der Waals surface area contributed by atoms with Crippen LogP contribution < -0.4 is 14.8 Å². The number of pyridine rings is 1. The summed E-state index contributed by atoms with van der Waals surface area (Å²) in [5.41, 5.74) is 3.72. The molecule has 25 heavy (non-hydrogen) atoms. The highest BCUT2D eigenvalue weighted by Crippen LogP contribution is 2.27. The lowest BCUT2D eigenvalue weighted by molar-refractivity contribution is -0.120. The topological polar surface area (TPSA) is 64.9 Å². The highest BCUT2D eigenvalue weighted by molar-refractivity contribution is 5.78. The van der Waals surface area contributed by atoms with Crippen LogP contribution in [0.15, 0.2) is 42.7 Å². The van der Waals surface area contributed by atoms with Crippen molar-refractivity contribution in [1.29, 1.82) is 0 Å². The number of imidazole rings is 1. The minimum absolute atomic E-state index is 0.0690. The molecule has 3 rings (SSSR count). The van der Waals surface area contributed by atoms with Gasteiger partial charge in [0.05, 0.1) is 32.9 Å². The molecule has 0 aliphatic rings. The summed E-state index contributed by atoms with van der Waals surface area (Å²) >= 11 is 0. The molecule has 1 aromatic carbocycles. The third kappa shape index (κ3) is 3.91. The summed E-state index contributed by atoms with van der Waals surface area (Å²) in [5.74, 6) is 1.19. The summed E-state index contributed by atoms with van der Waals surface area (Å²) < 4.78 is 12.4. The molecule has 0 aliphatic carbocycles. The van der Waals surface area contributed by atoms with Gasteiger partial charge in [-0.05, 0) is 42.3 Å². The van der Waals surface area contributed by atoms with Crippen LogP contribution in [0.25, 0.3) is 5.65 Å². The van der Waals surface area contributed by atoms with Crippen molar-refractivity contribution in [2.75, 3.05) is 14.2 Å². The number of aromatic nitrogens is 2. The second kappa shape index (κ2) is 7.25. The lowest BCUT2D eigenvalue weighted by atomic mass is 10.1. The molecular weight excluding hydrogens is 318 g/mol. The van der Waals surface area contributed by atoms with E-state index in [1.54, 1.807) is 20.3 Å². The van der Waals surface area contributed by atoms with E-state index >= 15 is 0 Å². The Hall–Kier alpha value is -3.02. The Morgan fingerprint density at radius 1 is 1.16 bits per heavy atom. The Balaban J connectivity index is 1.62. The van der Waals surface area contributed by atoms with Crippen LogP contribution in [0.5, 0.6) is 11.5 Å². The molecule has 2 aromatic heterocycles. The molecule has 0 fully saturated rings. The predicted molar refractivity (Wildman–Crippen MR) is 95.0 cm³/mol. The van der Waals surface area contributed by atoms with Gasteiger partial charge in [0.15, 0.2) is 11.5 Å². The molecule has 0 saturated heterocycles. The maximum atomic E-state index is 12.2. The van der Waals surface area contributed by atoms with Crippen molar-refractivity contribution < 1.29 is 14.3 Å². The van der Waals surface area contributed by atoms with Gasteiger partial charge in [0.25, 0.3) is 0 Å². The van der Waals surface area contributed by atoms with Gasteiger partial charge >= 0.3 is 0 Å². The predicted octanol–water partition coefficient (Wildman–Crippen LogP) is 2.52. The molecule has 1 amide bonds. The first kappa shape index (κ1) is 16.8. The van der Waals surface area contributed by atoms with Gasteiger partial charge in [-0.25, -0.2) is 4.98 Å². The van der Waals surface area contributed by atoms with Gasteiger partial charge in [0, 0.05) is 12.4 Å². The van der Waals surface area contributed by atoms with Crippen molar-refractivity contribution in [1.82, 2.24) is 14.7 Å². The fraction of sp³-hybridized carbons (Fsp3) is 0.263. The summed E-state index contributed by atoms with van der Waals surface area (Å²) in [6, 6.07) is 9.50. The number of hydrogen-bond donors (Lipinski definition) is 1. The number of benzene rings is 1. The monoisotopic (exact) mass is 339 g/mol. The van der Waals surface area contributed by atoms with E-state index in [-0.39, 0.29) is 12.3 Å². The number of ether oxygens (including phenoxy) is 2. The van der Waals surface area contributed by atoms with Gasteiger partial charge in [0.1, 0.15) is 5.65 Å². The van der Waals surface area contributed by atoms with Crippen LogP contribution in [0.3, 0.4) is 0 Å². The van der Waals surface area contributed by atoms with Crippen molar-refractivity contribution in [3.05, 3.63) is 59.5 Å². The van der Waals surface area contributed by atoms with Crippen molar-refractivity contribution in [3.8, 4) is 11.5 Å². The molecule has 0 spiro atoms. The molecule has 0 radical (unpaired) electrons. The number of carbonyl (C=O) groups excluding carboxylic acids is 1. The highest BCUT2D eigenvalue weighted by atomic mass is 16.5. The van der Waals surface area contributed by atoms with Gasteiger partial charge < -0.3 is 19.2 Å². The number of aryl methyl sites for hydroxylation is 1. The van der Waals surface area contributed by atoms with Crippen LogP contribution in [0.1, 0.15) is 16.8 Å². The van der Waals surface area contributed by atoms with Gasteiger partial charge in [-0.2, -0.15) is 0 Å². The van der Waals surface area contributed by atoms with E-state index < -0.39 is 0 Å². The number of nitrogens with zero attached hydrogens (tertiary/aromatic N) is 2. The SMILES string of the molecule is COc1ccc(CC(=O)NCc2cn3ccc(C)cc3n2)cc1OC. The number of methoxy groups -OCH3 is 2. The summed E-state index contributed by atoms with van der Waals surface area (Å²) in [5, 5.41) is 2.90. The molecule has 6 heteroatoms. The van der Waals surface area contributed by atoms with Gasteiger partial charge in [0.2, 0.25) is 5.91 Å². The number of carbonyl (C=O) groups is 1. The number of nitrogens with one attached hydrogen (secondary N) is 1. The third-order valence-electron chi connectivity index (χ3n) is 3.94. The second-order valence-electron chi connectivity index (χ2n) is 5.84. The number of rotatable bonds is 6. The molecule has 0 aliphatic heterocycles. The molecule has 0 atom stereocenters. The van der Waals surface area contributed by atoms with Crippen LogP contribution in [-0.4, -0.2) is 29.5 Å². The molecule has 3 aromatic rings. The molecule has 0 unspecified atom stereocenters. The standard InChI is InChI=1S/C19H21N3O3/c1-13-6-7-22-12-15(21-18(22)8-13)11-20-19(23)10-14-4-5-16(24-2)17(9-14)25-3/h4-9,12H,10-11H2,1-3H3,(H,20,23). The zero-order valence-electron chi connectivity index (χ0n) is 14.6. The second-order valence-corrected chi connectivity index (χ2v) is 5.84. The average molecular weight is 339 g/mol. The molecule has 2 heterocycles. The Labute approximate surface area is 146 Å². The van der Waals surface area contributed by atoms with E-state index in [0.717, 1.165) is 22.5 Å². The van der Waals surface area contributed by atoms with Crippen molar-refractivity contribution in [2.45, 2.75) is 19.9 Å². The molecule has 130 valence electrons. The van der Waals surface area contributed by atoms with E-state index in [1.807, 2.05) is 48.0 Å². The smallest absolute Gasteiger partial charge is 0.224 e. The van der Waals surface area contributed by atoms with Crippen molar-refractivity contribution >= 4 is 11.6 Å². The maximum absolute atomic E-state index is 12.2. The fourth-order valence-electron chi connectivity index (χ4n) is 2.65. The fourth-order valence-corrected chi connectivity index (χ4v) is 2.65. The zero-order chi connectivity index (χ0) is 17.8. The number of hydrogen-bond acceptors (Lipinski definition) is 4. The van der Waals surface area contributed by atoms with Gasteiger partial charge in [-0.1, -0.05) is 6.07 Å². The summed E-state index contributed by atoms with van der Waals surface area (Å²) in [4.78, 5) is 16.7. The van der Waals surface area contributed by atoms with Gasteiger partial charge in [-0.15, -0.1) is 0 Å². The van der Waals surface area contributed by atoms with E-state index in [1.165, 1.54) is 0 Å². The largest absolute Gasteiger partial charge is 0.493 e. The van der Waals surface area contributed by atoms with Crippen molar-refractivity contribution in [2.24, 2.45) is 0 Å². The lowest BCUT2D eigenvalue weighted by Gasteiger charge is -2.09. The van der Waals surface area contributed by atoms with E-state index in [0.29, 0.717) is 18.0 Å². The maximum Gasteiger partial charge on any atom is 0.224 e. The van der Waals surface area contributed by atoms with Crippen LogP contribution in [0.4, 0.5) is 0 Å². The minimum atomic E-state index is -0.0690. The first-order valence-corrected chi connectivity index (χ1v) is 8.01. The summed E-state index contributed by atoms with van der Waals surface area (Å²) in [6.07, 6.45) is 4.16. The molecular formula is C19H21N3O3. The number of fused-ring (bicyclic) bond motifs is 1. The van der Waals surface area contributed by atoms with E-state index in [2.05, 4.69) is 10.3 Å². The Kier molecular flexibility index (Phi) is 4.88. The molecule has 0 bridgehead atoms. The Bertz CT molecular complexity index is 902. The first-order chi connectivity index (χ1) is 12.1. The Morgan fingerprint density at radius 2 is 1.96 bits per heavy atom. The third-order valence-corrected chi connectivity index (χ3v) is 3.94. The van der Waals surface area contributed by atoms with Crippen LogP contribution in [-0.2, 0) is 17.8 Å². The van der Waals surface area contributed by atoms with Gasteiger partial charge in [-0.3, -0.25) is 4.79 Å². The van der Waals surface area contributed by atoms with Crippen LogP contribution in [0.2, 0.25) is 0 Å². The average Bonchev–Trinajstić information content (AvgIpc) is 3.01. The minimum Gasteiger partial charge on any atom is -0.493 e. The molecule has 6 nitrogen and oxygen atoms in total. The van der Waals surface area contributed by atoms with Crippen LogP contribution in [0, 0.1) is 6.92 Å². The van der Waals surface area contributed by atoms with Crippen molar-refractivity contribution in [3.63, 3.8) is 0 Å². The highest BCUT2D eigenvalue weighted by Gasteiger charge is 2.09.